The number of hydrogen-bond donors (Lipinski definition) is 1. The quantitative estimate of drug-likeness (QED) is 0.618. The summed E-state index contributed by atoms with van der Waals surface area (Å²) < 4.78 is 18.9. The first kappa shape index (κ1) is 7.37. The molecule has 0 saturated heterocycles. The van der Waals surface area contributed by atoms with Crippen LogP contribution in [0.3, 0.4) is 0 Å². The van der Waals surface area contributed by atoms with E-state index in [4.69, 9.17) is 4.55 Å². The van der Waals surface area contributed by atoms with E-state index in [0.717, 1.165) is 5.69 Å². The predicted octanol–water partition coefficient (Wildman–Crippen LogP) is 0.971. The maximum atomic E-state index is 10.4. The van der Waals surface area contributed by atoms with E-state index in [9.17, 15) is 4.21 Å². The van der Waals surface area contributed by atoms with Crippen LogP contribution in [0.1, 0.15) is 5.69 Å². The van der Waals surface area contributed by atoms with Crippen LogP contribution in [0.15, 0.2) is 23.2 Å². The summed E-state index contributed by atoms with van der Waals surface area (Å²) in [4.78, 5) is 4.19. The lowest BCUT2D eigenvalue weighted by Gasteiger charge is -1.92. The average molecular weight is 157 g/mol. The molecule has 0 bridgehead atoms. The Morgan fingerprint density at radius 1 is 1.60 bits per heavy atom. The van der Waals surface area contributed by atoms with Crippen LogP contribution in [0.5, 0.6) is 0 Å². The van der Waals surface area contributed by atoms with Gasteiger partial charge in [-0.25, -0.2) is 4.21 Å². The molecule has 54 valence electrons. The van der Waals surface area contributed by atoms with Gasteiger partial charge in [-0.05, 0) is 19.1 Å². The van der Waals surface area contributed by atoms with Crippen LogP contribution in [0, 0.1) is 6.92 Å². The van der Waals surface area contributed by atoms with Gasteiger partial charge in [0.2, 0.25) is 0 Å². The van der Waals surface area contributed by atoms with Crippen molar-refractivity contribution in [3.05, 3.63) is 24.0 Å². The third-order valence-corrected chi connectivity index (χ3v) is 1.73. The van der Waals surface area contributed by atoms with Gasteiger partial charge < -0.3 is 4.55 Å². The maximum Gasteiger partial charge on any atom is 0.188 e. The zero-order valence-electron chi connectivity index (χ0n) is 5.44. The van der Waals surface area contributed by atoms with Crippen molar-refractivity contribution in [1.82, 2.24) is 4.98 Å². The molecule has 1 aromatic rings. The molecule has 1 aromatic heterocycles. The molecule has 0 aliphatic rings. The second-order valence-corrected chi connectivity index (χ2v) is 2.85. The predicted molar refractivity (Wildman–Crippen MR) is 38.0 cm³/mol. The fourth-order valence-electron chi connectivity index (χ4n) is 0.558. The van der Waals surface area contributed by atoms with Crippen molar-refractivity contribution < 1.29 is 8.76 Å². The molecule has 0 radical (unpaired) electrons. The van der Waals surface area contributed by atoms with E-state index in [0.29, 0.717) is 4.90 Å². The number of aromatic nitrogens is 1. The minimum atomic E-state index is -1.90. The van der Waals surface area contributed by atoms with Gasteiger partial charge in [0.15, 0.2) is 11.1 Å². The van der Waals surface area contributed by atoms with Crippen molar-refractivity contribution in [2.75, 3.05) is 0 Å². The Kier molecular flexibility index (Phi) is 2.13. The van der Waals surface area contributed by atoms with Gasteiger partial charge in [0, 0.05) is 11.9 Å². The molecule has 0 spiro atoms. The lowest BCUT2D eigenvalue weighted by Crippen LogP contribution is -1.89. The topological polar surface area (TPSA) is 50.2 Å². The Morgan fingerprint density at radius 3 is 2.70 bits per heavy atom. The second-order valence-electron chi connectivity index (χ2n) is 1.88. The van der Waals surface area contributed by atoms with E-state index in [2.05, 4.69) is 4.98 Å². The molecule has 0 aromatic carbocycles. The molecule has 0 fully saturated rings. The molecule has 1 rings (SSSR count). The summed E-state index contributed by atoms with van der Waals surface area (Å²) in [6.07, 6.45) is 1.39. The first-order valence-corrected chi connectivity index (χ1v) is 3.84. The van der Waals surface area contributed by atoms with Gasteiger partial charge in [0.1, 0.15) is 0 Å². The highest BCUT2D eigenvalue weighted by Crippen LogP contribution is 2.01. The molecular formula is C6H7NO2S. The number of nitrogens with zero attached hydrogens (tertiary/aromatic N) is 1. The first-order valence-electron chi connectivity index (χ1n) is 2.73. The van der Waals surface area contributed by atoms with Gasteiger partial charge in [-0.15, -0.1) is 0 Å². The Morgan fingerprint density at radius 2 is 2.30 bits per heavy atom. The number of rotatable bonds is 1. The Labute approximate surface area is 61.4 Å². The molecule has 10 heavy (non-hydrogen) atoms. The third kappa shape index (κ3) is 1.62. The Balaban J connectivity index is 3.00. The molecule has 0 amide bonds. The van der Waals surface area contributed by atoms with Crippen LogP contribution in [0.4, 0.5) is 0 Å². The van der Waals surface area contributed by atoms with Crippen molar-refractivity contribution in [2.24, 2.45) is 0 Å². The van der Waals surface area contributed by atoms with Crippen molar-refractivity contribution in [2.45, 2.75) is 11.8 Å². The third-order valence-electron chi connectivity index (χ3n) is 1.09. The second kappa shape index (κ2) is 2.90. The first-order chi connectivity index (χ1) is 4.70. The minimum absolute atomic E-state index is 0.339. The van der Waals surface area contributed by atoms with Gasteiger partial charge in [0.25, 0.3) is 0 Å². The standard InChI is InChI=1S/C6H7NO2S/c1-5-2-3-6(4-7-5)10(8)9/h2-4H,1H3,(H,8,9). The molecule has 1 atom stereocenters. The van der Waals surface area contributed by atoms with E-state index >= 15 is 0 Å². The fourth-order valence-corrected chi connectivity index (χ4v) is 0.885. The van der Waals surface area contributed by atoms with Gasteiger partial charge in [0.05, 0.1) is 4.90 Å². The maximum absolute atomic E-state index is 10.4. The molecule has 4 heteroatoms. The summed E-state index contributed by atoms with van der Waals surface area (Å²) in [7, 11) is 0. The summed E-state index contributed by atoms with van der Waals surface area (Å²) in [5.41, 5.74) is 0.842. The van der Waals surface area contributed by atoms with E-state index < -0.39 is 11.1 Å². The largest absolute Gasteiger partial charge is 0.302 e. The molecule has 0 aliphatic carbocycles. The van der Waals surface area contributed by atoms with Gasteiger partial charge in [-0.3, -0.25) is 4.98 Å². The van der Waals surface area contributed by atoms with Gasteiger partial charge >= 0.3 is 0 Å². The van der Waals surface area contributed by atoms with Gasteiger partial charge in [-0.2, -0.15) is 0 Å². The molecule has 3 nitrogen and oxygen atoms in total. The lowest BCUT2D eigenvalue weighted by atomic mass is 10.4. The van der Waals surface area contributed by atoms with Crippen molar-refractivity contribution >= 4 is 11.1 Å². The van der Waals surface area contributed by atoms with Crippen LogP contribution < -0.4 is 0 Å². The molecular weight excluding hydrogens is 150 g/mol. The monoisotopic (exact) mass is 157 g/mol. The van der Waals surface area contributed by atoms with Crippen LogP contribution in [0.2, 0.25) is 0 Å². The minimum Gasteiger partial charge on any atom is -0.302 e. The van der Waals surface area contributed by atoms with E-state index in [1.54, 1.807) is 12.1 Å². The van der Waals surface area contributed by atoms with Crippen LogP contribution >= 0.6 is 0 Å². The molecule has 1 N–H and O–H groups in total. The Bertz CT molecular complexity index is 244. The highest BCUT2D eigenvalue weighted by Gasteiger charge is 1.96. The van der Waals surface area contributed by atoms with Crippen molar-refractivity contribution in [1.29, 1.82) is 0 Å². The number of aryl methyl sites for hydroxylation is 1. The highest BCUT2D eigenvalue weighted by atomic mass is 32.2. The zero-order chi connectivity index (χ0) is 7.56. The molecule has 0 aliphatic heterocycles. The SMILES string of the molecule is Cc1ccc(S(=O)O)cn1. The number of hydrogen-bond acceptors (Lipinski definition) is 2. The smallest absolute Gasteiger partial charge is 0.188 e. The fraction of sp³-hybridized carbons (Fsp3) is 0.167. The highest BCUT2D eigenvalue weighted by molar-refractivity contribution is 7.79. The molecule has 1 heterocycles. The molecule has 1 unspecified atom stereocenters. The number of pyridine rings is 1. The summed E-state index contributed by atoms with van der Waals surface area (Å²) in [6.45, 7) is 1.82. The summed E-state index contributed by atoms with van der Waals surface area (Å²) in [5.74, 6) is 0. The van der Waals surface area contributed by atoms with E-state index in [1.165, 1.54) is 6.20 Å². The summed E-state index contributed by atoms with van der Waals surface area (Å²) >= 11 is -1.90. The van der Waals surface area contributed by atoms with Gasteiger partial charge in [-0.1, -0.05) is 0 Å². The van der Waals surface area contributed by atoms with E-state index in [1.807, 2.05) is 6.92 Å². The van der Waals surface area contributed by atoms with Crippen LogP contribution in [0.25, 0.3) is 0 Å². The Hall–Kier alpha value is -0.740. The van der Waals surface area contributed by atoms with Crippen LogP contribution in [-0.4, -0.2) is 13.7 Å². The summed E-state index contributed by atoms with van der Waals surface area (Å²) in [6, 6.07) is 3.28. The normalized spacial score (nSPS) is 13.0. The molecule has 0 saturated carbocycles. The van der Waals surface area contributed by atoms with Crippen molar-refractivity contribution in [3.63, 3.8) is 0 Å². The van der Waals surface area contributed by atoms with Crippen LogP contribution in [-0.2, 0) is 11.1 Å². The van der Waals surface area contributed by atoms with Crippen molar-refractivity contribution in [3.8, 4) is 0 Å². The van der Waals surface area contributed by atoms with E-state index in [-0.39, 0.29) is 0 Å². The lowest BCUT2D eigenvalue weighted by molar-refractivity contribution is 0.564. The average Bonchev–Trinajstić information content (AvgIpc) is 1.88. The summed E-state index contributed by atoms with van der Waals surface area (Å²) in [5, 5.41) is 0. The zero-order valence-corrected chi connectivity index (χ0v) is 6.26.